The molecular formula is C24H23N5OS. The van der Waals surface area contributed by atoms with Crippen molar-refractivity contribution in [2.75, 3.05) is 23.8 Å². The number of nitrogens with two attached hydrogens (primary N) is 1. The lowest BCUT2D eigenvalue weighted by molar-refractivity contribution is 0.100. The molecule has 0 unspecified atom stereocenters. The van der Waals surface area contributed by atoms with Crippen LogP contribution in [0.4, 0.5) is 11.6 Å². The van der Waals surface area contributed by atoms with Crippen LogP contribution in [0.2, 0.25) is 0 Å². The molecule has 3 N–H and O–H groups in total. The highest BCUT2D eigenvalue weighted by Gasteiger charge is 2.23. The van der Waals surface area contributed by atoms with Crippen molar-refractivity contribution in [3.05, 3.63) is 70.6 Å². The maximum Gasteiger partial charge on any atom is 0.249 e. The van der Waals surface area contributed by atoms with Crippen LogP contribution in [-0.2, 0) is 13.0 Å². The molecule has 4 aromatic rings. The van der Waals surface area contributed by atoms with Crippen LogP contribution in [0.1, 0.15) is 27.9 Å². The largest absolute Gasteiger partial charge is 0.366 e. The summed E-state index contributed by atoms with van der Waals surface area (Å²) < 4.78 is 0. The van der Waals surface area contributed by atoms with Gasteiger partial charge in [0.2, 0.25) is 5.91 Å². The fourth-order valence-corrected chi connectivity index (χ4v) is 5.10. The van der Waals surface area contributed by atoms with Crippen molar-refractivity contribution >= 4 is 39.7 Å². The van der Waals surface area contributed by atoms with Crippen molar-refractivity contribution in [1.29, 1.82) is 0 Å². The highest BCUT2D eigenvalue weighted by molar-refractivity contribution is 7.15. The smallest absolute Gasteiger partial charge is 0.249 e. The van der Waals surface area contributed by atoms with E-state index in [-0.39, 0.29) is 0 Å². The van der Waals surface area contributed by atoms with E-state index >= 15 is 0 Å². The summed E-state index contributed by atoms with van der Waals surface area (Å²) in [7, 11) is 2.08. The van der Waals surface area contributed by atoms with Crippen LogP contribution in [0, 0.1) is 0 Å². The molecule has 0 saturated carbocycles. The standard InChI is InChI=1S/C24H23N5OS/c1-29-12-6-11-18-22(26-13-15-7-3-2-4-8-15)27-23(28-24(18)29)20-16-9-5-10-17(21(25)30)19(16)14-31-20/h2-5,7-10,14H,6,11-13H2,1H3,(H2,25,30)(H,26,27,28). The third-order valence-corrected chi connectivity index (χ3v) is 6.68. The Balaban J connectivity index is 1.61. The molecule has 1 amide bonds. The van der Waals surface area contributed by atoms with Crippen molar-refractivity contribution in [3.8, 4) is 10.7 Å². The van der Waals surface area contributed by atoms with Gasteiger partial charge in [0.1, 0.15) is 11.6 Å². The van der Waals surface area contributed by atoms with Gasteiger partial charge in [-0.15, -0.1) is 11.3 Å². The van der Waals surface area contributed by atoms with Gasteiger partial charge in [-0.2, -0.15) is 0 Å². The summed E-state index contributed by atoms with van der Waals surface area (Å²) in [6.07, 6.45) is 2.03. The molecule has 3 heterocycles. The highest BCUT2D eigenvalue weighted by Crippen LogP contribution is 2.38. The molecule has 1 aliphatic heterocycles. The van der Waals surface area contributed by atoms with Crippen LogP contribution in [0.25, 0.3) is 21.5 Å². The molecule has 6 nitrogen and oxygen atoms in total. The highest BCUT2D eigenvalue weighted by atomic mass is 32.1. The van der Waals surface area contributed by atoms with Crippen molar-refractivity contribution in [1.82, 2.24) is 9.97 Å². The van der Waals surface area contributed by atoms with E-state index in [2.05, 4.69) is 29.4 Å². The van der Waals surface area contributed by atoms with Gasteiger partial charge < -0.3 is 16.0 Å². The monoisotopic (exact) mass is 429 g/mol. The average Bonchev–Trinajstić information content (AvgIpc) is 3.22. The Morgan fingerprint density at radius 1 is 1.13 bits per heavy atom. The van der Waals surface area contributed by atoms with Gasteiger partial charge in [-0.3, -0.25) is 4.79 Å². The fraction of sp³-hybridized carbons (Fsp3) is 0.208. The zero-order valence-electron chi connectivity index (χ0n) is 17.3. The van der Waals surface area contributed by atoms with E-state index in [9.17, 15) is 4.79 Å². The van der Waals surface area contributed by atoms with Crippen molar-refractivity contribution < 1.29 is 4.79 Å². The first kappa shape index (κ1) is 19.5. The van der Waals surface area contributed by atoms with Gasteiger partial charge in [-0.1, -0.05) is 42.5 Å². The molecule has 0 fully saturated rings. The lowest BCUT2D eigenvalue weighted by atomic mass is 10.1. The van der Waals surface area contributed by atoms with Gasteiger partial charge in [-0.05, 0) is 24.5 Å². The summed E-state index contributed by atoms with van der Waals surface area (Å²) in [5.41, 5.74) is 8.46. The maximum absolute atomic E-state index is 11.8. The maximum atomic E-state index is 11.8. The Labute approximate surface area is 184 Å². The molecule has 0 spiro atoms. The molecule has 0 atom stereocenters. The van der Waals surface area contributed by atoms with Gasteiger partial charge in [0.15, 0.2) is 5.82 Å². The summed E-state index contributed by atoms with van der Waals surface area (Å²) >= 11 is 1.54. The molecule has 2 aromatic heterocycles. The summed E-state index contributed by atoms with van der Waals surface area (Å²) in [5, 5.41) is 7.31. The fourth-order valence-electron chi connectivity index (χ4n) is 4.11. The molecule has 0 bridgehead atoms. The van der Waals surface area contributed by atoms with Crippen LogP contribution in [-0.4, -0.2) is 29.5 Å². The number of anilines is 2. The summed E-state index contributed by atoms with van der Waals surface area (Å²) in [4.78, 5) is 24.9. The topological polar surface area (TPSA) is 84.1 Å². The summed E-state index contributed by atoms with van der Waals surface area (Å²) in [6.45, 7) is 1.67. The zero-order chi connectivity index (χ0) is 21.4. The van der Waals surface area contributed by atoms with Gasteiger partial charge in [-0.25, -0.2) is 9.97 Å². The number of primary amides is 1. The van der Waals surface area contributed by atoms with E-state index in [0.29, 0.717) is 17.9 Å². The quantitative estimate of drug-likeness (QED) is 0.490. The third kappa shape index (κ3) is 3.61. The molecule has 1 aliphatic rings. The zero-order valence-corrected chi connectivity index (χ0v) is 18.1. The molecule has 5 rings (SSSR count). The van der Waals surface area contributed by atoms with Crippen molar-refractivity contribution in [2.24, 2.45) is 5.73 Å². The van der Waals surface area contributed by atoms with Gasteiger partial charge >= 0.3 is 0 Å². The number of aromatic nitrogens is 2. The van der Waals surface area contributed by atoms with E-state index in [0.717, 1.165) is 52.2 Å². The Kier molecular flexibility index (Phi) is 5.03. The number of nitrogens with one attached hydrogen (secondary N) is 1. The number of amides is 1. The predicted molar refractivity (Wildman–Crippen MR) is 127 cm³/mol. The van der Waals surface area contributed by atoms with Crippen LogP contribution >= 0.6 is 11.3 Å². The Morgan fingerprint density at radius 3 is 2.77 bits per heavy atom. The third-order valence-electron chi connectivity index (χ3n) is 5.68. The van der Waals surface area contributed by atoms with Crippen LogP contribution in [0.3, 0.4) is 0 Å². The van der Waals surface area contributed by atoms with Crippen molar-refractivity contribution in [3.63, 3.8) is 0 Å². The molecular weight excluding hydrogens is 406 g/mol. The SMILES string of the molecule is CN1CCCc2c(NCc3ccccc3)nc(-c3scc4c(C(N)=O)cccc34)nc21. The van der Waals surface area contributed by atoms with Crippen LogP contribution < -0.4 is 16.0 Å². The molecule has 7 heteroatoms. The minimum absolute atomic E-state index is 0.425. The second-order valence-corrected chi connectivity index (χ2v) is 8.64. The molecule has 0 radical (unpaired) electrons. The average molecular weight is 430 g/mol. The first-order chi connectivity index (χ1) is 15.1. The number of hydrogen-bond donors (Lipinski definition) is 2. The van der Waals surface area contributed by atoms with E-state index in [4.69, 9.17) is 15.7 Å². The Morgan fingerprint density at radius 2 is 1.97 bits per heavy atom. The molecule has 156 valence electrons. The number of carbonyl (C=O) groups excluding carboxylic acids is 1. The molecule has 0 aliphatic carbocycles. The minimum atomic E-state index is -0.425. The second-order valence-electron chi connectivity index (χ2n) is 7.76. The number of thiophene rings is 1. The van der Waals surface area contributed by atoms with E-state index in [1.807, 2.05) is 35.7 Å². The first-order valence-corrected chi connectivity index (χ1v) is 11.2. The van der Waals surface area contributed by atoms with Gasteiger partial charge in [0, 0.05) is 47.4 Å². The molecule has 31 heavy (non-hydrogen) atoms. The van der Waals surface area contributed by atoms with Gasteiger partial charge in [0.05, 0.1) is 4.88 Å². The molecule has 0 saturated heterocycles. The first-order valence-electron chi connectivity index (χ1n) is 10.3. The number of benzene rings is 2. The lowest BCUT2D eigenvalue weighted by Gasteiger charge is -2.28. The summed E-state index contributed by atoms with van der Waals surface area (Å²) in [6, 6.07) is 15.9. The minimum Gasteiger partial charge on any atom is -0.366 e. The number of nitrogens with zero attached hydrogens (tertiary/aromatic N) is 3. The normalized spacial score (nSPS) is 13.3. The van der Waals surface area contributed by atoms with Crippen LogP contribution in [0.15, 0.2) is 53.9 Å². The van der Waals surface area contributed by atoms with E-state index < -0.39 is 5.91 Å². The lowest BCUT2D eigenvalue weighted by Crippen LogP contribution is -2.27. The molecule has 2 aromatic carbocycles. The van der Waals surface area contributed by atoms with E-state index in [1.54, 1.807) is 17.4 Å². The predicted octanol–water partition coefficient (Wildman–Crippen LogP) is 4.45. The summed E-state index contributed by atoms with van der Waals surface area (Å²) in [5.74, 6) is 2.10. The van der Waals surface area contributed by atoms with Crippen molar-refractivity contribution in [2.45, 2.75) is 19.4 Å². The second kappa shape index (κ2) is 8.00. The Bertz CT molecular complexity index is 1270. The number of fused-ring (bicyclic) bond motifs is 2. The van der Waals surface area contributed by atoms with Crippen LogP contribution in [0.5, 0.6) is 0 Å². The van der Waals surface area contributed by atoms with Gasteiger partial charge in [0.25, 0.3) is 0 Å². The number of hydrogen-bond acceptors (Lipinski definition) is 6. The number of rotatable bonds is 5. The number of carbonyl (C=O) groups is 1. The van der Waals surface area contributed by atoms with E-state index in [1.165, 1.54) is 5.56 Å². The Hall–Kier alpha value is -3.45.